The lowest BCUT2D eigenvalue weighted by Gasteiger charge is -2.34. The molecular formula is C15H27N3O4. The summed E-state index contributed by atoms with van der Waals surface area (Å²) in [5.41, 5.74) is 0. The largest absolute Gasteiger partial charge is 0.385 e. The smallest absolute Gasteiger partial charge is 0.224 e. The number of carbonyl (C=O) groups is 3. The van der Waals surface area contributed by atoms with E-state index in [0.29, 0.717) is 52.3 Å². The third-order valence-corrected chi connectivity index (χ3v) is 3.90. The Morgan fingerprint density at radius 3 is 2.09 bits per heavy atom. The van der Waals surface area contributed by atoms with Crippen molar-refractivity contribution in [3.05, 3.63) is 0 Å². The van der Waals surface area contributed by atoms with Crippen molar-refractivity contribution in [2.45, 2.75) is 26.7 Å². The summed E-state index contributed by atoms with van der Waals surface area (Å²) in [6.45, 7) is 7.02. The number of nitrogens with zero attached hydrogens (tertiary/aromatic N) is 3. The third-order valence-electron chi connectivity index (χ3n) is 3.90. The minimum absolute atomic E-state index is 0.0229. The van der Waals surface area contributed by atoms with E-state index >= 15 is 0 Å². The number of methoxy groups -OCH3 is 1. The first-order valence-corrected chi connectivity index (χ1v) is 7.73. The van der Waals surface area contributed by atoms with E-state index in [-0.39, 0.29) is 17.7 Å². The molecule has 3 amide bonds. The van der Waals surface area contributed by atoms with Gasteiger partial charge < -0.3 is 19.4 Å². The first kappa shape index (κ1) is 18.4. The lowest BCUT2D eigenvalue weighted by atomic mass is 10.2. The van der Waals surface area contributed by atoms with Gasteiger partial charge in [0.15, 0.2) is 0 Å². The standard InChI is InChI=1S/C15H27N3O4/c1-13(19)16(6-4-12-22-3)7-5-15(21)18-10-8-17(9-11-18)14(2)20/h4-12H2,1-3H3. The van der Waals surface area contributed by atoms with E-state index in [2.05, 4.69) is 0 Å². The number of carbonyl (C=O) groups excluding carboxylic acids is 3. The van der Waals surface area contributed by atoms with Crippen LogP contribution in [0.4, 0.5) is 0 Å². The molecule has 0 aliphatic carbocycles. The van der Waals surface area contributed by atoms with Crippen LogP contribution in [0, 0.1) is 0 Å². The van der Waals surface area contributed by atoms with Gasteiger partial charge in [-0.2, -0.15) is 0 Å². The van der Waals surface area contributed by atoms with E-state index in [9.17, 15) is 14.4 Å². The number of hydrogen-bond acceptors (Lipinski definition) is 4. The summed E-state index contributed by atoms with van der Waals surface area (Å²) in [6, 6.07) is 0. The minimum atomic E-state index is -0.0229. The Hall–Kier alpha value is -1.63. The van der Waals surface area contributed by atoms with Crippen LogP contribution < -0.4 is 0 Å². The van der Waals surface area contributed by atoms with Crippen LogP contribution in [-0.2, 0) is 19.1 Å². The van der Waals surface area contributed by atoms with Gasteiger partial charge in [-0.05, 0) is 6.42 Å². The molecule has 1 aliphatic heterocycles. The van der Waals surface area contributed by atoms with E-state index in [0.717, 1.165) is 6.42 Å². The van der Waals surface area contributed by atoms with Crippen LogP contribution in [0.5, 0.6) is 0 Å². The second-order valence-electron chi connectivity index (χ2n) is 5.49. The van der Waals surface area contributed by atoms with Crippen molar-refractivity contribution in [3.63, 3.8) is 0 Å². The van der Waals surface area contributed by atoms with Crippen LogP contribution in [0.3, 0.4) is 0 Å². The Morgan fingerprint density at radius 2 is 1.59 bits per heavy atom. The van der Waals surface area contributed by atoms with Gasteiger partial charge in [-0.3, -0.25) is 14.4 Å². The summed E-state index contributed by atoms with van der Waals surface area (Å²) in [6.07, 6.45) is 1.09. The molecule has 0 aromatic carbocycles. The van der Waals surface area contributed by atoms with Crippen LogP contribution in [0.25, 0.3) is 0 Å². The highest BCUT2D eigenvalue weighted by atomic mass is 16.5. The average Bonchev–Trinajstić information content (AvgIpc) is 2.50. The zero-order valence-corrected chi connectivity index (χ0v) is 13.8. The molecule has 126 valence electrons. The average molecular weight is 313 g/mol. The van der Waals surface area contributed by atoms with E-state index in [1.165, 1.54) is 6.92 Å². The maximum absolute atomic E-state index is 12.2. The summed E-state index contributed by atoms with van der Waals surface area (Å²) in [4.78, 5) is 40.2. The van der Waals surface area contributed by atoms with Crippen molar-refractivity contribution in [3.8, 4) is 0 Å². The summed E-state index contributed by atoms with van der Waals surface area (Å²) < 4.78 is 4.98. The molecule has 22 heavy (non-hydrogen) atoms. The molecule has 7 nitrogen and oxygen atoms in total. The molecule has 1 rings (SSSR count). The second-order valence-corrected chi connectivity index (χ2v) is 5.49. The van der Waals surface area contributed by atoms with Crippen LogP contribution in [0.15, 0.2) is 0 Å². The number of hydrogen-bond donors (Lipinski definition) is 0. The molecule has 0 radical (unpaired) electrons. The first-order valence-electron chi connectivity index (χ1n) is 7.73. The Labute approximate surface area is 132 Å². The van der Waals surface area contributed by atoms with Crippen LogP contribution in [0.2, 0.25) is 0 Å². The highest BCUT2D eigenvalue weighted by Gasteiger charge is 2.22. The molecule has 0 unspecified atom stereocenters. The third kappa shape index (κ3) is 6.01. The summed E-state index contributed by atoms with van der Waals surface area (Å²) in [5, 5.41) is 0. The fraction of sp³-hybridized carbons (Fsp3) is 0.800. The van der Waals surface area contributed by atoms with E-state index in [4.69, 9.17) is 4.74 Å². The highest BCUT2D eigenvalue weighted by molar-refractivity contribution is 5.79. The van der Waals surface area contributed by atoms with Crippen molar-refractivity contribution in [1.82, 2.24) is 14.7 Å². The maximum Gasteiger partial charge on any atom is 0.224 e. The Morgan fingerprint density at radius 1 is 1.00 bits per heavy atom. The van der Waals surface area contributed by atoms with Gasteiger partial charge >= 0.3 is 0 Å². The zero-order valence-electron chi connectivity index (χ0n) is 13.8. The highest BCUT2D eigenvalue weighted by Crippen LogP contribution is 2.05. The molecule has 0 aromatic heterocycles. The number of piperazine rings is 1. The van der Waals surface area contributed by atoms with Gasteiger partial charge in [-0.15, -0.1) is 0 Å². The van der Waals surface area contributed by atoms with Crippen molar-refractivity contribution in [2.75, 3.05) is 53.0 Å². The number of rotatable bonds is 7. The lowest BCUT2D eigenvalue weighted by Crippen LogP contribution is -2.50. The fourth-order valence-corrected chi connectivity index (χ4v) is 2.49. The Bertz CT molecular complexity index is 392. The normalized spacial score (nSPS) is 14.9. The monoisotopic (exact) mass is 313 g/mol. The molecule has 0 bridgehead atoms. The Kier molecular flexibility index (Phi) is 7.87. The first-order chi connectivity index (χ1) is 10.5. The Balaban J connectivity index is 2.34. The molecule has 0 aromatic rings. The SMILES string of the molecule is COCCCN(CCC(=O)N1CCN(C(C)=O)CC1)C(C)=O. The van der Waals surface area contributed by atoms with Crippen LogP contribution in [-0.4, -0.2) is 85.4 Å². The minimum Gasteiger partial charge on any atom is -0.385 e. The molecule has 1 saturated heterocycles. The van der Waals surface area contributed by atoms with Crippen LogP contribution >= 0.6 is 0 Å². The summed E-state index contributed by atoms with van der Waals surface area (Å²) in [5.74, 6) is 0.0690. The molecule has 1 fully saturated rings. The van der Waals surface area contributed by atoms with Crippen LogP contribution in [0.1, 0.15) is 26.7 Å². The van der Waals surface area contributed by atoms with Gasteiger partial charge in [-0.25, -0.2) is 0 Å². The van der Waals surface area contributed by atoms with Gasteiger partial charge in [0, 0.05) is 73.3 Å². The molecule has 7 heteroatoms. The van der Waals surface area contributed by atoms with E-state index in [1.54, 1.807) is 28.7 Å². The molecular weight excluding hydrogens is 286 g/mol. The molecule has 1 heterocycles. The van der Waals surface area contributed by atoms with Crippen molar-refractivity contribution < 1.29 is 19.1 Å². The number of ether oxygens (including phenoxy) is 1. The van der Waals surface area contributed by atoms with E-state index in [1.807, 2.05) is 0 Å². The van der Waals surface area contributed by atoms with Gasteiger partial charge in [0.1, 0.15) is 0 Å². The predicted molar refractivity (Wildman–Crippen MR) is 82.2 cm³/mol. The topological polar surface area (TPSA) is 70.2 Å². The van der Waals surface area contributed by atoms with Gasteiger partial charge in [0.2, 0.25) is 17.7 Å². The van der Waals surface area contributed by atoms with Gasteiger partial charge in [0.05, 0.1) is 0 Å². The predicted octanol–water partition coefficient (Wildman–Crippen LogP) is -0.0478. The summed E-state index contributed by atoms with van der Waals surface area (Å²) >= 11 is 0. The van der Waals surface area contributed by atoms with Crippen molar-refractivity contribution in [1.29, 1.82) is 0 Å². The quantitative estimate of drug-likeness (QED) is 0.618. The second kappa shape index (κ2) is 9.40. The maximum atomic E-state index is 12.2. The lowest BCUT2D eigenvalue weighted by molar-refractivity contribution is -0.139. The van der Waals surface area contributed by atoms with E-state index < -0.39 is 0 Å². The van der Waals surface area contributed by atoms with Gasteiger partial charge in [-0.1, -0.05) is 0 Å². The zero-order chi connectivity index (χ0) is 16.5. The molecule has 0 spiro atoms. The number of amides is 3. The molecule has 0 atom stereocenters. The molecule has 1 aliphatic rings. The molecule has 0 saturated carbocycles. The van der Waals surface area contributed by atoms with Gasteiger partial charge in [0.25, 0.3) is 0 Å². The molecule has 0 N–H and O–H groups in total. The van der Waals surface area contributed by atoms with Crippen molar-refractivity contribution >= 4 is 17.7 Å². The van der Waals surface area contributed by atoms with Crippen molar-refractivity contribution in [2.24, 2.45) is 0 Å². The fourth-order valence-electron chi connectivity index (χ4n) is 2.49. The summed E-state index contributed by atoms with van der Waals surface area (Å²) in [7, 11) is 1.63.